The Hall–Kier alpha value is -0.960. The minimum atomic E-state index is -3.24. The molecule has 0 saturated carbocycles. The lowest BCUT2D eigenvalue weighted by Crippen LogP contribution is -2.43. The van der Waals surface area contributed by atoms with Gasteiger partial charge < -0.3 is 9.64 Å². The largest absolute Gasteiger partial charge is 0.380 e. The second-order valence-electron chi connectivity index (χ2n) is 5.87. The number of likely N-dealkylation sites (tertiary alicyclic amines) is 1. The van der Waals surface area contributed by atoms with Crippen molar-refractivity contribution in [3.8, 4) is 0 Å². The average molecular weight is 330 g/mol. The van der Waals surface area contributed by atoms with E-state index in [4.69, 9.17) is 4.74 Å². The van der Waals surface area contributed by atoms with E-state index >= 15 is 0 Å². The summed E-state index contributed by atoms with van der Waals surface area (Å²) < 4.78 is 30.8. The molecular formula is C13H18N2O4S2. The normalized spacial score (nSPS) is 28.8. The van der Waals surface area contributed by atoms with Crippen molar-refractivity contribution in [2.24, 2.45) is 11.3 Å². The highest BCUT2D eigenvalue weighted by molar-refractivity contribution is 7.88. The number of nitrogens with one attached hydrogen (secondary N) is 1. The number of amides is 1. The maximum absolute atomic E-state index is 12.4. The monoisotopic (exact) mass is 330 g/mol. The van der Waals surface area contributed by atoms with Crippen LogP contribution in [-0.2, 0) is 14.8 Å². The molecule has 116 valence electrons. The molecular weight excluding hydrogens is 312 g/mol. The van der Waals surface area contributed by atoms with E-state index < -0.39 is 10.0 Å². The highest BCUT2D eigenvalue weighted by Crippen LogP contribution is 2.41. The Morgan fingerprint density at radius 1 is 1.62 bits per heavy atom. The molecule has 2 fully saturated rings. The second-order valence-corrected chi connectivity index (χ2v) is 8.48. The Kier molecular flexibility index (Phi) is 3.81. The van der Waals surface area contributed by atoms with E-state index in [9.17, 15) is 13.2 Å². The van der Waals surface area contributed by atoms with E-state index in [-0.39, 0.29) is 17.2 Å². The zero-order valence-electron chi connectivity index (χ0n) is 11.7. The molecule has 1 N–H and O–H groups in total. The number of carbonyl (C=O) groups is 1. The first kappa shape index (κ1) is 15.0. The zero-order chi connectivity index (χ0) is 15.1. The predicted molar refractivity (Wildman–Crippen MR) is 79.8 cm³/mol. The van der Waals surface area contributed by atoms with Gasteiger partial charge in [-0.25, -0.2) is 13.1 Å². The van der Waals surface area contributed by atoms with Crippen LogP contribution in [0.5, 0.6) is 0 Å². The van der Waals surface area contributed by atoms with Crippen LogP contribution in [0.4, 0.5) is 0 Å². The highest BCUT2D eigenvalue weighted by Gasteiger charge is 2.52. The van der Waals surface area contributed by atoms with Crippen LogP contribution in [0, 0.1) is 11.3 Å². The summed E-state index contributed by atoms with van der Waals surface area (Å²) in [7, 11) is -3.24. The van der Waals surface area contributed by atoms with Crippen LogP contribution >= 0.6 is 11.3 Å². The molecule has 2 aliphatic heterocycles. The van der Waals surface area contributed by atoms with Gasteiger partial charge in [0.05, 0.1) is 25.0 Å². The first-order chi connectivity index (χ1) is 9.90. The molecule has 2 atom stereocenters. The Bertz CT molecular complexity index is 629. The molecule has 3 rings (SSSR count). The summed E-state index contributed by atoms with van der Waals surface area (Å²) in [4.78, 5) is 14.3. The third-order valence-corrected chi connectivity index (χ3v) is 5.61. The number of rotatable bonds is 4. The van der Waals surface area contributed by atoms with Gasteiger partial charge in [-0.15, -0.1) is 0 Å². The number of carbonyl (C=O) groups excluding carboxylic acids is 1. The minimum Gasteiger partial charge on any atom is -0.380 e. The quantitative estimate of drug-likeness (QED) is 0.866. The van der Waals surface area contributed by atoms with Gasteiger partial charge in [0, 0.05) is 36.3 Å². The molecule has 1 aromatic heterocycles. The van der Waals surface area contributed by atoms with E-state index in [0.717, 1.165) is 6.26 Å². The van der Waals surface area contributed by atoms with Crippen molar-refractivity contribution in [2.45, 2.75) is 0 Å². The predicted octanol–water partition coefficient (Wildman–Crippen LogP) is 0.386. The Balaban J connectivity index is 1.74. The summed E-state index contributed by atoms with van der Waals surface area (Å²) in [5.41, 5.74) is 0.404. The average Bonchev–Trinajstić information content (AvgIpc) is 3.10. The number of ether oxygens (including phenoxy) is 1. The van der Waals surface area contributed by atoms with Gasteiger partial charge in [-0.2, -0.15) is 11.3 Å². The van der Waals surface area contributed by atoms with Gasteiger partial charge in [-0.05, 0) is 11.4 Å². The fraction of sp³-hybridized carbons (Fsp3) is 0.615. The molecule has 21 heavy (non-hydrogen) atoms. The standard InChI is InChI=1S/C13H18N2O4S2/c1-21(17,18)14-7-13-8-15(4-11(13)5-19-9-13)12(16)10-2-3-20-6-10/h2-3,6,11,14H,4-5,7-9H2,1H3/t11-,13+/m1/s1. The van der Waals surface area contributed by atoms with Crippen LogP contribution in [0.1, 0.15) is 10.4 Å². The van der Waals surface area contributed by atoms with Gasteiger partial charge in [-0.3, -0.25) is 4.79 Å². The first-order valence-corrected chi connectivity index (χ1v) is 9.57. The van der Waals surface area contributed by atoms with Gasteiger partial charge in [0.15, 0.2) is 0 Å². The van der Waals surface area contributed by atoms with Gasteiger partial charge in [-0.1, -0.05) is 0 Å². The molecule has 8 heteroatoms. The van der Waals surface area contributed by atoms with Crippen molar-refractivity contribution in [1.82, 2.24) is 9.62 Å². The molecule has 0 radical (unpaired) electrons. The van der Waals surface area contributed by atoms with E-state index in [2.05, 4.69) is 4.72 Å². The van der Waals surface area contributed by atoms with Gasteiger partial charge in [0.2, 0.25) is 10.0 Å². The number of hydrogen-bond donors (Lipinski definition) is 1. The van der Waals surface area contributed by atoms with E-state index in [1.165, 1.54) is 11.3 Å². The van der Waals surface area contributed by atoms with Gasteiger partial charge in [0.25, 0.3) is 5.91 Å². The van der Waals surface area contributed by atoms with Crippen molar-refractivity contribution < 1.29 is 17.9 Å². The second kappa shape index (κ2) is 5.35. The Morgan fingerprint density at radius 3 is 3.10 bits per heavy atom. The van der Waals surface area contributed by atoms with E-state index in [1.54, 1.807) is 0 Å². The molecule has 0 unspecified atom stereocenters. The molecule has 6 nitrogen and oxygen atoms in total. The summed E-state index contributed by atoms with van der Waals surface area (Å²) in [5, 5.41) is 3.72. The van der Waals surface area contributed by atoms with Crippen LogP contribution in [0.25, 0.3) is 0 Å². The van der Waals surface area contributed by atoms with Crippen molar-refractivity contribution >= 4 is 27.3 Å². The molecule has 3 heterocycles. The molecule has 2 saturated heterocycles. The van der Waals surface area contributed by atoms with E-state index in [0.29, 0.717) is 38.4 Å². The van der Waals surface area contributed by atoms with Crippen LogP contribution < -0.4 is 4.72 Å². The van der Waals surface area contributed by atoms with E-state index in [1.807, 2.05) is 21.7 Å². The molecule has 0 bridgehead atoms. The van der Waals surface area contributed by atoms with Gasteiger partial charge in [0.1, 0.15) is 0 Å². The highest BCUT2D eigenvalue weighted by atomic mass is 32.2. The number of nitrogens with zero attached hydrogens (tertiary/aromatic N) is 1. The lowest BCUT2D eigenvalue weighted by atomic mass is 9.81. The van der Waals surface area contributed by atoms with Crippen LogP contribution in [0.2, 0.25) is 0 Å². The van der Waals surface area contributed by atoms with Crippen molar-refractivity contribution in [3.63, 3.8) is 0 Å². The molecule has 0 aliphatic carbocycles. The molecule has 1 amide bonds. The number of thiophene rings is 1. The molecule has 0 spiro atoms. The summed E-state index contributed by atoms with van der Waals surface area (Å²) in [6, 6.07) is 1.82. The lowest BCUT2D eigenvalue weighted by Gasteiger charge is -2.26. The fourth-order valence-corrected chi connectivity index (χ4v) is 4.26. The van der Waals surface area contributed by atoms with Crippen LogP contribution in [0.15, 0.2) is 16.8 Å². The van der Waals surface area contributed by atoms with Crippen molar-refractivity contribution in [3.05, 3.63) is 22.4 Å². The third kappa shape index (κ3) is 2.98. The summed E-state index contributed by atoms with van der Waals surface area (Å²) >= 11 is 1.50. The van der Waals surface area contributed by atoms with Crippen LogP contribution in [0.3, 0.4) is 0 Å². The Morgan fingerprint density at radius 2 is 2.43 bits per heavy atom. The summed E-state index contributed by atoms with van der Waals surface area (Å²) in [5.74, 6) is 0.207. The topological polar surface area (TPSA) is 75.7 Å². The number of hydrogen-bond acceptors (Lipinski definition) is 5. The lowest BCUT2D eigenvalue weighted by molar-refractivity contribution is 0.0722. The molecule has 2 aliphatic rings. The first-order valence-electron chi connectivity index (χ1n) is 6.73. The van der Waals surface area contributed by atoms with Gasteiger partial charge >= 0.3 is 0 Å². The number of sulfonamides is 1. The third-order valence-electron chi connectivity index (χ3n) is 4.26. The molecule has 1 aromatic rings. The molecule has 0 aromatic carbocycles. The number of fused-ring (bicyclic) bond motifs is 1. The summed E-state index contributed by atoms with van der Waals surface area (Å²) in [6.45, 7) is 2.56. The maximum Gasteiger partial charge on any atom is 0.254 e. The Labute approximate surface area is 128 Å². The zero-order valence-corrected chi connectivity index (χ0v) is 13.4. The maximum atomic E-state index is 12.4. The van der Waals surface area contributed by atoms with Crippen molar-refractivity contribution in [1.29, 1.82) is 0 Å². The minimum absolute atomic E-state index is 0.0179. The van der Waals surface area contributed by atoms with Crippen molar-refractivity contribution in [2.75, 3.05) is 39.1 Å². The summed E-state index contributed by atoms with van der Waals surface area (Å²) in [6.07, 6.45) is 1.15. The SMILES string of the molecule is CS(=O)(=O)NC[C@]12COC[C@H]1CN(C(=O)c1ccsc1)C2. The van der Waals surface area contributed by atoms with Crippen LogP contribution in [-0.4, -0.2) is 58.3 Å². The smallest absolute Gasteiger partial charge is 0.254 e. The fourth-order valence-electron chi connectivity index (χ4n) is 3.08.